The molecule has 25 heavy (non-hydrogen) atoms. The Morgan fingerprint density at radius 2 is 1.92 bits per heavy atom. The summed E-state index contributed by atoms with van der Waals surface area (Å²) in [4.78, 5) is 13.9. The summed E-state index contributed by atoms with van der Waals surface area (Å²) in [6, 6.07) is 9.33. The van der Waals surface area contributed by atoms with E-state index in [1.54, 1.807) is 18.7 Å². The molecule has 1 heterocycles. The zero-order valence-corrected chi connectivity index (χ0v) is 15.9. The van der Waals surface area contributed by atoms with Crippen molar-refractivity contribution < 1.29 is 9.90 Å². The third-order valence-corrected chi connectivity index (χ3v) is 4.24. The number of nitrogens with one attached hydrogen (secondary N) is 1. The number of anilines is 1. The molecule has 2 N–H and O–H groups in total. The summed E-state index contributed by atoms with van der Waals surface area (Å²) in [5.74, 6) is 0.607. The molecule has 0 bridgehead atoms. The van der Waals surface area contributed by atoms with Gasteiger partial charge in [0.2, 0.25) is 0 Å². The van der Waals surface area contributed by atoms with Crippen molar-refractivity contribution in [1.29, 1.82) is 0 Å². The minimum atomic E-state index is -0.282. The van der Waals surface area contributed by atoms with E-state index in [1.807, 2.05) is 37.3 Å². The van der Waals surface area contributed by atoms with Crippen LogP contribution >= 0.6 is 0 Å². The smallest absolute Gasteiger partial charge is 0.323 e. The van der Waals surface area contributed by atoms with E-state index in [-0.39, 0.29) is 24.1 Å². The number of benzene rings is 1. The Labute approximate surface area is 149 Å². The van der Waals surface area contributed by atoms with Crippen LogP contribution in [0.15, 0.2) is 30.3 Å². The van der Waals surface area contributed by atoms with Gasteiger partial charge in [0.15, 0.2) is 0 Å². The Bertz CT molecular complexity index is 729. The fourth-order valence-corrected chi connectivity index (χ4v) is 2.24. The highest BCUT2D eigenvalue weighted by molar-refractivity contribution is 5.88. The van der Waals surface area contributed by atoms with E-state index >= 15 is 0 Å². The van der Waals surface area contributed by atoms with Crippen LogP contribution in [0, 0.1) is 6.92 Å². The average molecular weight is 344 g/mol. The number of hydrogen-bond donors (Lipinski definition) is 2. The molecule has 0 radical (unpaired) electrons. The van der Waals surface area contributed by atoms with E-state index < -0.39 is 0 Å². The molecule has 0 aliphatic carbocycles. The number of nitrogens with zero attached hydrogens (tertiary/aromatic N) is 3. The van der Waals surface area contributed by atoms with Crippen LogP contribution in [-0.2, 0) is 5.41 Å². The molecule has 1 aromatic heterocycles. The maximum atomic E-state index is 12.5. The van der Waals surface area contributed by atoms with Crippen LogP contribution in [-0.4, -0.2) is 45.5 Å². The van der Waals surface area contributed by atoms with Gasteiger partial charge in [-0.3, -0.25) is 5.32 Å². The summed E-state index contributed by atoms with van der Waals surface area (Å²) in [6.45, 7) is 9.98. The maximum Gasteiger partial charge on any atom is 0.323 e. The topological polar surface area (TPSA) is 70.4 Å². The number of aliphatic hydroxyl groups is 1. The lowest BCUT2D eigenvalue weighted by Gasteiger charge is -2.23. The third kappa shape index (κ3) is 4.39. The van der Waals surface area contributed by atoms with Gasteiger partial charge < -0.3 is 10.0 Å². The Hall–Kier alpha value is -2.34. The number of urea groups is 1. The van der Waals surface area contributed by atoms with Crippen LogP contribution in [0.3, 0.4) is 0 Å². The lowest BCUT2D eigenvalue weighted by molar-refractivity contribution is 0.166. The van der Waals surface area contributed by atoms with E-state index in [4.69, 9.17) is 5.10 Å². The van der Waals surface area contributed by atoms with Crippen molar-refractivity contribution in [3.63, 3.8) is 0 Å². The highest BCUT2D eigenvalue weighted by Gasteiger charge is 2.23. The fraction of sp³-hybridized carbons (Fsp3) is 0.474. The predicted molar refractivity (Wildman–Crippen MR) is 100 cm³/mol. The Morgan fingerprint density at radius 1 is 1.32 bits per heavy atom. The maximum absolute atomic E-state index is 12.5. The third-order valence-electron chi connectivity index (χ3n) is 4.24. The van der Waals surface area contributed by atoms with Crippen LogP contribution in [0.1, 0.15) is 39.0 Å². The highest BCUT2D eigenvalue weighted by atomic mass is 16.3. The Kier molecular flexibility index (Phi) is 5.52. The van der Waals surface area contributed by atoms with Gasteiger partial charge in [0, 0.05) is 18.5 Å². The van der Waals surface area contributed by atoms with Crippen LogP contribution in [0.4, 0.5) is 10.6 Å². The zero-order chi connectivity index (χ0) is 18.8. The van der Waals surface area contributed by atoms with Crippen molar-refractivity contribution >= 4 is 11.8 Å². The SMILES string of the molecule is Cc1ccc(-n2nc(C(C)(C)C)cc2NC(=O)N(C)C(C)CO)cc1. The van der Waals surface area contributed by atoms with E-state index in [0.717, 1.165) is 16.9 Å². The van der Waals surface area contributed by atoms with Crippen molar-refractivity contribution in [3.8, 4) is 5.69 Å². The van der Waals surface area contributed by atoms with Crippen molar-refractivity contribution in [2.75, 3.05) is 19.0 Å². The molecular weight excluding hydrogens is 316 g/mol. The summed E-state index contributed by atoms with van der Waals surface area (Å²) < 4.78 is 1.75. The van der Waals surface area contributed by atoms with Gasteiger partial charge in [-0.25, -0.2) is 9.48 Å². The molecule has 0 fully saturated rings. The number of carbonyl (C=O) groups excluding carboxylic acids is 1. The second-order valence-electron chi connectivity index (χ2n) is 7.48. The van der Waals surface area contributed by atoms with Gasteiger partial charge in [0.1, 0.15) is 5.82 Å². The number of amides is 2. The van der Waals surface area contributed by atoms with Crippen molar-refractivity contribution in [2.24, 2.45) is 0 Å². The summed E-state index contributed by atoms with van der Waals surface area (Å²) in [6.07, 6.45) is 0. The molecule has 2 amide bonds. The van der Waals surface area contributed by atoms with Crippen molar-refractivity contribution in [3.05, 3.63) is 41.6 Å². The van der Waals surface area contributed by atoms with Crippen LogP contribution in [0.5, 0.6) is 0 Å². The zero-order valence-electron chi connectivity index (χ0n) is 15.9. The number of aryl methyl sites for hydroxylation is 1. The molecule has 0 spiro atoms. The monoisotopic (exact) mass is 344 g/mol. The minimum Gasteiger partial charge on any atom is -0.394 e. The molecule has 136 valence electrons. The summed E-state index contributed by atoms with van der Waals surface area (Å²) in [5, 5.41) is 16.9. The second kappa shape index (κ2) is 7.27. The summed E-state index contributed by atoms with van der Waals surface area (Å²) >= 11 is 0. The first-order valence-corrected chi connectivity index (χ1v) is 8.45. The average Bonchev–Trinajstić information content (AvgIpc) is 2.98. The number of aliphatic hydroxyl groups excluding tert-OH is 1. The molecule has 0 saturated carbocycles. The lowest BCUT2D eigenvalue weighted by Crippen LogP contribution is -2.40. The van der Waals surface area contributed by atoms with Gasteiger partial charge in [0.05, 0.1) is 24.0 Å². The molecule has 0 aliphatic heterocycles. The highest BCUT2D eigenvalue weighted by Crippen LogP contribution is 2.26. The normalized spacial score (nSPS) is 12.8. The molecule has 0 aliphatic rings. The predicted octanol–water partition coefficient (Wildman–Crippen LogP) is 3.32. The number of carbonyl (C=O) groups is 1. The number of aromatic nitrogens is 2. The van der Waals surface area contributed by atoms with Gasteiger partial charge in [0.25, 0.3) is 0 Å². The molecule has 0 saturated heterocycles. The molecule has 6 heteroatoms. The van der Waals surface area contributed by atoms with Crippen molar-refractivity contribution in [1.82, 2.24) is 14.7 Å². The van der Waals surface area contributed by atoms with Crippen LogP contribution in [0.2, 0.25) is 0 Å². The second-order valence-corrected chi connectivity index (χ2v) is 7.48. The Balaban J connectivity index is 2.40. The van der Waals surface area contributed by atoms with E-state index in [0.29, 0.717) is 5.82 Å². The first-order chi connectivity index (χ1) is 11.6. The molecule has 6 nitrogen and oxygen atoms in total. The first kappa shape index (κ1) is 19.0. The van der Waals surface area contributed by atoms with Gasteiger partial charge >= 0.3 is 6.03 Å². The minimum absolute atomic E-state index is 0.0889. The van der Waals surface area contributed by atoms with E-state index in [2.05, 4.69) is 26.1 Å². The molecule has 2 aromatic rings. The lowest BCUT2D eigenvalue weighted by atomic mass is 9.92. The van der Waals surface area contributed by atoms with Gasteiger partial charge in [-0.2, -0.15) is 5.10 Å². The van der Waals surface area contributed by atoms with Gasteiger partial charge in [-0.1, -0.05) is 38.5 Å². The van der Waals surface area contributed by atoms with E-state index in [9.17, 15) is 9.90 Å². The summed E-state index contributed by atoms with van der Waals surface area (Å²) in [7, 11) is 1.66. The van der Waals surface area contributed by atoms with Crippen molar-refractivity contribution in [2.45, 2.75) is 46.1 Å². The van der Waals surface area contributed by atoms with Crippen LogP contribution in [0.25, 0.3) is 5.69 Å². The fourth-order valence-electron chi connectivity index (χ4n) is 2.24. The largest absolute Gasteiger partial charge is 0.394 e. The number of hydrogen-bond acceptors (Lipinski definition) is 3. The van der Waals surface area contributed by atoms with Gasteiger partial charge in [-0.15, -0.1) is 0 Å². The standard InChI is InChI=1S/C19H28N4O2/c1-13-7-9-15(10-8-13)23-17(11-16(21-23)19(3,4)5)20-18(25)22(6)14(2)12-24/h7-11,14,24H,12H2,1-6H3,(H,20,25). The van der Waals surface area contributed by atoms with E-state index in [1.165, 1.54) is 4.90 Å². The molecule has 2 rings (SSSR count). The first-order valence-electron chi connectivity index (χ1n) is 8.45. The molecule has 1 aromatic carbocycles. The number of likely N-dealkylation sites (N-methyl/N-ethyl adjacent to an activating group) is 1. The molecule has 1 atom stereocenters. The van der Waals surface area contributed by atoms with Crippen LogP contribution < -0.4 is 5.32 Å². The Morgan fingerprint density at radius 3 is 2.44 bits per heavy atom. The quantitative estimate of drug-likeness (QED) is 0.894. The molecular formula is C19H28N4O2. The number of rotatable bonds is 4. The van der Waals surface area contributed by atoms with Gasteiger partial charge in [-0.05, 0) is 26.0 Å². The molecule has 1 unspecified atom stereocenters. The summed E-state index contributed by atoms with van der Waals surface area (Å²) in [5.41, 5.74) is 2.80.